The number of aromatic nitrogens is 1. The molecule has 0 amide bonds. The van der Waals surface area contributed by atoms with Gasteiger partial charge in [0.05, 0.1) is 38.2 Å². The van der Waals surface area contributed by atoms with Gasteiger partial charge in [0.2, 0.25) is 5.89 Å². The van der Waals surface area contributed by atoms with E-state index in [4.69, 9.17) is 23.6 Å². The molecular weight excluding hydrogens is 404 g/mol. The molecule has 0 saturated carbocycles. The monoisotopic (exact) mass is 436 g/mol. The molecule has 0 aliphatic carbocycles. The van der Waals surface area contributed by atoms with Crippen molar-refractivity contribution in [2.75, 3.05) is 27.3 Å². The van der Waals surface area contributed by atoms with E-state index in [9.17, 15) is 0 Å². The number of benzene rings is 2. The molecule has 1 fully saturated rings. The highest BCUT2D eigenvalue weighted by Gasteiger charge is 2.24. The molecule has 2 heterocycles. The van der Waals surface area contributed by atoms with Crippen molar-refractivity contribution in [1.29, 1.82) is 0 Å². The number of rotatable bonds is 8. The minimum Gasteiger partial charge on any atom is -0.496 e. The molecule has 1 aliphatic rings. The summed E-state index contributed by atoms with van der Waals surface area (Å²) in [6.45, 7) is 7.29. The van der Waals surface area contributed by atoms with Crippen LogP contribution in [-0.2, 0) is 17.9 Å². The number of hydrogen-bond donors (Lipinski definition) is 0. The van der Waals surface area contributed by atoms with E-state index in [2.05, 4.69) is 29.2 Å². The van der Waals surface area contributed by atoms with Gasteiger partial charge >= 0.3 is 0 Å². The number of nitrogens with zero attached hydrogens (tertiary/aromatic N) is 2. The second-order valence-corrected chi connectivity index (χ2v) is 8.29. The number of methoxy groups -OCH3 is 2. The first-order chi connectivity index (χ1) is 15.6. The minimum atomic E-state index is 0.236. The Morgan fingerprint density at radius 3 is 2.62 bits per heavy atom. The van der Waals surface area contributed by atoms with Gasteiger partial charge in [-0.15, -0.1) is 0 Å². The molecule has 0 unspecified atom stereocenters. The average molecular weight is 437 g/mol. The largest absolute Gasteiger partial charge is 0.496 e. The fraction of sp³-hybridized carbons (Fsp3) is 0.423. The Kier molecular flexibility index (Phi) is 7.12. The van der Waals surface area contributed by atoms with Crippen molar-refractivity contribution in [2.24, 2.45) is 0 Å². The second kappa shape index (κ2) is 10.2. The van der Waals surface area contributed by atoms with Gasteiger partial charge in [-0.1, -0.05) is 30.3 Å². The van der Waals surface area contributed by atoms with Crippen molar-refractivity contribution in [2.45, 2.75) is 45.9 Å². The lowest BCUT2D eigenvalue weighted by molar-refractivity contribution is -0.0123. The number of piperidine rings is 1. The summed E-state index contributed by atoms with van der Waals surface area (Å²) in [5, 5.41) is 0. The summed E-state index contributed by atoms with van der Waals surface area (Å²) >= 11 is 0. The molecule has 1 saturated heterocycles. The van der Waals surface area contributed by atoms with Gasteiger partial charge in [0, 0.05) is 18.7 Å². The first-order valence-electron chi connectivity index (χ1n) is 11.1. The third-order valence-corrected chi connectivity index (χ3v) is 6.07. The molecule has 3 aromatic rings. The molecule has 1 aromatic heterocycles. The van der Waals surface area contributed by atoms with Crippen LogP contribution in [0.4, 0.5) is 0 Å². The Balaban J connectivity index is 1.44. The van der Waals surface area contributed by atoms with E-state index in [-0.39, 0.29) is 6.10 Å². The van der Waals surface area contributed by atoms with Crippen molar-refractivity contribution < 1.29 is 18.6 Å². The lowest BCUT2D eigenvalue weighted by atomic mass is 10.1. The summed E-state index contributed by atoms with van der Waals surface area (Å²) in [6, 6.07) is 14.2. The Morgan fingerprint density at radius 1 is 1.06 bits per heavy atom. The maximum Gasteiger partial charge on any atom is 0.230 e. The highest BCUT2D eigenvalue weighted by molar-refractivity contribution is 5.68. The fourth-order valence-corrected chi connectivity index (χ4v) is 4.31. The maximum atomic E-state index is 6.19. The second-order valence-electron chi connectivity index (χ2n) is 8.29. The van der Waals surface area contributed by atoms with Crippen LogP contribution in [0.5, 0.6) is 11.5 Å². The number of oxazole rings is 1. The first kappa shape index (κ1) is 22.4. The predicted octanol–water partition coefficient (Wildman–Crippen LogP) is 5.16. The topological polar surface area (TPSA) is 57.0 Å². The van der Waals surface area contributed by atoms with Gasteiger partial charge in [-0.05, 0) is 50.9 Å². The lowest BCUT2D eigenvalue weighted by Gasteiger charge is -2.32. The number of aryl methyl sites for hydroxylation is 1. The highest BCUT2D eigenvalue weighted by Crippen LogP contribution is 2.38. The molecule has 2 aromatic carbocycles. The molecule has 1 atom stereocenters. The molecule has 0 spiro atoms. The zero-order valence-corrected chi connectivity index (χ0v) is 19.4. The summed E-state index contributed by atoms with van der Waals surface area (Å²) in [6.07, 6.45) is 2.45. The molecule has 0 N–H and O–H groups in total. The van der Waals surface area contributed by atoms with Gasteiger partial charge in [-0.25, -0.2) is 4.98 Å². The van der Waals surface area contributed by atoms with Gasteiger partial charge in [0.15, 0.2) is 0 Å². The van der Waals surface area contributed by atoms with Gasteiger partial charge < -0.3 is 18.6 Å². The van der Waals surface area contributed by atoms with E-state index < -0.39 is 0 Å². The van der Waals surface area contributed by atoms with Crippen LogP contribution in [0.25, 0.3) is 11.5 Å². The third-order valence-electron chi connectivity index (χ3n) is 6.07. The van der Waals surface area contributed by atoms with Crippen LogP contribution in [0.1, 0.15) is 35.4 Å². The van der Waals surface area contributed by atoms with Crippen LogP contribution in [0, 0.1) is 13.8 Å². The summed E-state index contributed by atoms with van der Waals surface area (Å²) < 4.78 is 23.3. The smallest absolute Gasteiger partial charge is 0.230 e. The molecular formula is C26H32N2O4. The Hall–Kier alpha value is -2.83. The number of likely N-dealkylation sites (tertiary alicyclic amines) is 1. The molecule has 6 nitrogen and oxygen atoms in total. The molecule has 0 bridgehead atoms. The minimum absolute atomic E-state index is 0.236. The summed E-state index contributed by atoms with van der Waals surface area (Å²) in [5.41, 5.74) is 3.94. The summed E-state index contributed by atoms with van der Waals surface area (Å²) in [7, 11) is 3.32. The summed E-state index contributed by atoms with van der Waals surface area (Å²) in [4.78, 5) is 7.24. The lowest BCUT2D eigenvalue weighted by Crippen LogP contribution is -2.39. The third kappa shape index (κ3) is 4.97. The Morgan fingerprint density at radius 2 is 1.88 bits per heavy atom. The molecule has 6 heteroatoms. The first-order valence-corrected chi connectivity index (χ1v) is 11.1. The van der Waals surface area contributed by atoms with E-state index in [1.54, 1.807) is 14.2 Å². The average Bonchev–Trinajstić information content (AvgIpc) is 3.18. The van der Waals surface area contributed by atoms with Crippen LogP contribution in [0.3, 0.4) is 0 Å². The van der Waals surface area contributed by atoms with Gasteiger partial charge in [-0.2, -0.15) is 0 Å². The van der Waals surface area contributed by atoms with Crippen LogP contribution in [0.2, 0.25) is 0 Å². The quantitative estimate of drug-likeness (QED) is 0.486. The van der Waals surface area contributed by atoms with E-state index >= 15 is 0 Å². The van der Waals surface area contributed by atoms with Crippen molar-refractivity contribution >= 4 is 0 Å². The van der Waals surface area contributed by atoms with Gasteiger partial charge in [0.1, 0.15) is 17.3 Å². The van der Waals surface area contributed by atoms with Crippen molar-refractivity contribution in [3.05, 3.63) is 65.0 Å². The molecule has 1 aliphatic heterocycles. The van der Waals surface area contributed by atoms with Crippen LogP contribution in [0.15, 0.2) is 46.9 Å². The van der Waals surface area contributed by atoms with Crippen LogP contribution < -0.4 is 9.47 Å². The maximum absolute atomic E-state index is 6.19. The zero-order valence-electron chi connectivity index (χ0n) is 19.4. The fourth-order valence-electron chi connectivity index (χ4n) is 4.31. The van der Waals surface area contributed by atoms with Crippen molar-refractivity contribution in [3.8, 4) is 23.0 Å². The van der Waals surface area contributed by atoms with E-state index in [1.807, 2.05) is 32.0 Å². The van der Waals surface area contributed by atoms with Crippen LogP contribution >= 0.6 is 0 Å². The van der Waals surface area contributed by atoms with E-state index in [1.165, 1.54) is 5.56 Å². The normalized spacial score (nSPS) is 16.8. The molecule has 32 heavy (non-hydrogen) atoms. The highest BCUT2D eigenvalue weighted by atomic mass is 16.5. The molecule has 4 rings (SSSR count). The molecule has 170 valence electrons. The Bertz CT molecular complexity index is 1030. The Labute approximate surface area is 190 Å². The van der Waals surface area contributed by atoms with Crippen molar-refractivity contribution in [3.63, 3.8) is 0 Å². The molecule has 0 radical (unpaired) electrons. The van der Waals surface area contributed by atoms with E-state index in [0.717, 1.165) is 66.6 Å². The SMILES string of the molecule is COc1ccc(-c2nc(CN3CCC[C@H](OCc4ccccc4)C3)c(C)o2)c(OC)c1C. The number of hydrogen-bond acceptors (Lipinski definition) is 6. The van der Waals surface area contributed by atoms with Crippen molar-refractivity contribution in [1.82, 2.24) is 9.88 Å². The van der Waals surface area contributed by atoms with Gasteiger partial charge in [-0.3, -0.25) is 4.90 Å². The predicted molar refractivity (Wildman–Crippen MR) is 124 cm³/mol. The van der Waals surface area contributed by atoms with E-state index in [0.29, 0.717) is 12.5 Å². The zero-order chi connectivity index (χ0) is 22.5. The van der Waals surface area contributed by atoms with Crippen LogP contribution in [-0.4, -0.2) is 43.3 Å². The standard InChI is InChI=1S/C26H32N2O4/c1-18-24(29-3)13-12-22(25(18)30-4)26-27-23(19(2)32-26)16-28-14-8-11-21(15-28)31-17-20-9-6-5-7-10-20/h5-7,9-10,12-13,21H,8,11,14-17H2,1-4H3/t21-/m0/s1. The number of ether oxygens (including phenoxy) is 3. The summed E-state index contributed by atoms with van der Waals surface area (Å²) in [5.74, 6) is 2.92. The van der Waals surface area contributed by atoms with Gasteiger partial charge in [0.25, 0.3) is 0 Å².